The third kappa shape index (κ3) is 2.18. The van der Waals surface area contributed by atoms with Crippen LogP contribution in [0.5, 0.6) is 0 Å². The van der Waals surface area contributed by atoms with Gasteiger partial charge < -0.3 is 0 Å². The molecule has 0 N–H and O–H groups in total. The topological polar surface area (TPSA) is 29.4 Å². The number of hydrogen-bond donors (Lipinski definition) is 0. The Balaban J connectivity index is 2.45. The van der Waals surface area contributed by atoms with Gasteiger partial charge in [-0.1, -0.05) is 23.7 Å². The lowest BCUT2D eigenvalue weighted by Crippen LogP contribution is -2.32. The van der Waals surface area contributed by atoms with E-state index in [2.05, 4.69) is 4.99 Å². The lowest BCUT2D eigenvalue weighted by Gasteiger charge is -2.37. The standard InChI is InChI=1S/C13H12ClF2NO/c1-12(15,16)9-3-4-10(11(14)7-9)13(17-8-18)5-2-6-13/h3-4,7H,2,5-6H2,1H3. The number of halogens is 3. The summed E-state index contributed by atoms with van der Waals surface area (Å²) in [6, 6.07) is 4.12. The zero-order valence-electron chi connectivity index (χ0n) is 9.84. The van der Waals surface area contributed by atoms with E-state index in [0.29, 0.717) is 18.4 Å². The van der Waals surface area contributed by atoms with E-state index in [-0.39, 0.29) is 10.6 Å². The first-order chi connectivity index (χ1) is 8.39. The van der Waals surface area contributed by atoms with Crippen molar-refractivity contribution in [3.8, 4) is 0 Å². The third-order valence-electron chi connectivity index (χ3n) is 3.42. The first-order valence-electron chi connectivity index (χ1n) is 5.66. The molecule has 0 saturated heterocycles. The van der Waals surface area contributed by atoms with Crippen molar-refractivity contribution < 1.29 is 13.6 Å². The van der Waals surface area contributed by atoms with Crippen molar-refractivity contribution in [3.63, 3.8) is 0 Å². The fraction of sp³-hybridized carbons (Fsp3) is 0.462. The molecule has 0 atom stereocenters. The van der Waals surface area contributed by atoms with Crippen molar-refractivity contribution in [2.45, 2.75) is 37.6 Å². The highest BCUT2D eigenvalue weighted by atomic mass is 35.5. The van der Waals surface area contributed by atoms with Crippen molar-refractivity contribution in [1.82, 2.24) is 0 Å². The van der Waals surface area contributed by atoms with Gasteiger partial charge in [0.2, 0.25) is 6.08 Å². The molecule has 0 heterocycles. The maximum Gasteiger partial charge on any atom is 0.270 e. The molecular formula is C13H12ClF2NO. The van der Waals surface area contributed by atoms with Crippen molar-refractivity contribution in [3.05, 3.63) is 34.3 Å². The van der Waals surface area contributed by atoms with Crippen LogP contribution in [0.25, 0.3) is 0 Å². The Bertz CT molecular complexity index is 514. The van der Waals surface area contributed by atoms with Crippen LogP contribution in [-0.4, -0.2) is 6.08 Å². The van der Waals surface area contributed by atoms with Gasteiger partial charge in [-0.05, 0) is 30.9 Å². The summed E-state index contributed by atoms with van der Waals surface area (Å²) in [4.78, 5) is 14.3. The molecule has 1 aromatic carbocycles. The molecule has 1 aromatic rings. The molecule has 2 nitrogen and oxygen atoms in total. The zero-order chi connectivity index (χ0) is 13.4. The molecule has 1 aliphatic rings. The summed E-state index contributed by atoms with van der Waals surface area (Å²) < 4.78 is 26.3. The molecule has 5 heteroatoms. The molecule has 0 amide bonds. The summed E-state index contributed by atoms with van der Waals surface area (Å²) in [5.41, 5.74) is -0.159. The third-order valence-corrected chi connectivity index (χ3v) is 3.73. The number of rotatable bonds is 3. The van der Waals surface area contributed by atoms with E-state index in [9.17, 15) is 13.6 Å². The van der Waals surface area contributed by atoms with Gasteiger partial charge in [-0.3, -0.25) is 0 Å². The van der Waals surface area contributed by atoms with E-state index in [4.69, 9.17) is 11.6 Å². The Labute approximate surface area is 109 Å². The molecular weight excluding hydrogens is 260 g/mol. The quantitative estimate of drug-likeness (QED) is 0.599. The number of aliphatic imine (C=N–C) groups is 1. The lowest BCUT2D eigenvalue weighted by molar-refractivity contribution is 0.0174. The van der Waals surface area contributed by atoms with E-state index < -0.39 is 11.5 Å². The minimum atomic E-state index is -2.93. The first kappa shape index (κ1) is 13.2. The summed E-state index contributed by atoms with van der Waals surface area (Å²) in [6.07, 6.45) is 3.88. The molecule has 0 aliphatic heterocycles. The largest absolute Gasteiger partial charge is 0.270 e. The van der Waals surface area contributed by atoms with Crippen LogP contribution in [0.4, 0.5) is 8.78 Å². The summed E-state index contributed by atoms with van der Waals surface area (Å²) in [6.45, 7) is 0.820. The van der Waals surface area contributed by atoms with Gasteiger partial charge in [0.05, 0.1) is 5.54 Å². The monoisotopic (exact) mass is 271 g/mol. The highest BCUT2D eigenvalue weighted by Crippen LogP contribution is 2.47. The highest BCUT2D eigenvalue weighted by molar-refractivity contribution is 6.31. The number of benzene rings is 1. The fourth-order valence-electron chi connectivity index (χ4n) is 2.21. The Morgan fingerprint density at radius 3 is 2.50 bits per heavy atom. The zero-order valence-corrected chi connectivity index (χ0v) is 10.6. The number of hydrogen-bond acceptors (Lipinski definition) is 2. The predicted molar refractivity (Wildman–Crippen MR) is 64.7 cm³/mol. The second kappa shape index (κ2) is 4.45. The lowest BCUT2D eigenvalue weighted by atomic mass is 9.72. The van der Waals surface area contributed by atoms with E-state index in [1.54, 1.807) is 6.08 Å². The number of alkyl halides is 2. The second-order valence-electron chi connectivity index (χ2n) is 4.67. The smallest absolute Gasteiger partial charge is 0.211 e. The van der Waals surface area contributed by atoms with Crippen LogP contribution in [0.1, 0.15) is 37.3 Å². The van der Waals surface area contributed by atoms with Crippen LogP contribution in [-0.2, 0) is 16.3 Å². The predicted octanol–water partition coefficient (Wildman–Crippen LogP) is 4.17. The number of isocyanates is 1. The molecule has 96 valence electrons. The van der Waals surface area contributed by atoms with Crippen LogP contribution < -0.4 is 0 Å². The van der Waals surface area contributed by atoms with Gasteiger partial charge in [-0.15, -0.1) is 0 Å². The van der Waals surface area contributed by atoms with Crippen molar-refractivity contribution in [2.75, 3.05) is 0 Å². The summed E-state index contributed by atoms with van der Waals surface area (Å²) in [5, 5.41) is 0.229. The van der Waals surface area contributed by atoms with E-state index in [1.165, 1.54) is 18.2 Å². The Kier molecular flexibility index (Phi) is 3.26. The minimum absolute atomic E-state index is 0.138. The average molecular weight is 272 g/mol. The summed E-state index contributed by atoms with van der Waals surface area (Å²) >= 11 is 6.05. The molecule has 1 aliphatic carbocycles. The first-order valence-corrected chi connectivity index (χ1v) is 6.04. The van der Waals surface area contributed by atoms with Crippen LogP contribution in [0, 0.1) is 0 Å². The van der Waals surface area contributed by atoms with Crippen molar-refractivity contribution >= 4 is 17.7 Å². The average Bonchev–Trinajstić information content (AvgIpc) is 2.22. The van der Waals surface area contributed by atoms with Crippen LogP contribution in [0.15, 0.2) is 23.2 Å². The fourth-order valence-corrected chi connectivity index (χ4v) is 2.56. The van der Waals surface area contributed by atoms with Gasteiger partial charge in [0.1, 0.15) is 0 Å². The number of carbonyl (C=O) groups excluding carboxylic acids is 1. The Morgan fingerprint density at radius 1 is 1.44 bits per heavy atom. The van der Waals surface area contributed by atoms with Gasteiger partial charge in [-0.2, -0.15) is 4.99 Å². The summed E-state index contributed by atoms with van der Waals surface area (Å²) in [5.74, 6) is -2.93. The molecule has 0 radical (unpaired) electrons. The molecule has 0 bridgehead atoms. The normalized spacial score (nSPS) is 17.8. The van der Waals surface area contributed by atoms with E-state index >= 15 is 0 Å². The molecule has 0 aromatic heterocycles. The molecule has 0 spiro atoms. The van der Waals surface area contributed by atoms with E-state index in [0.717, 1.165) is 13.3 Å². The van der Waals surface area contributed by atoms with E-state index in [1.807, 2.05) is 0 Å². The van der Waals surface area contributed by atoms with Gasteiger partial charge in [0.15, 0.2) is 0 Å². The Hall–Kier alpha value is -1.25. The van der Waals surface area contributed by atoms with Crippen molar-refractivity contribution in [2.24, 2.45) is 4.99 Å². The maximum absolute atomic E-state index is 13.2. The van der Waals surface area contributed by atoms with Gasteiger partial charge in [0.25, 0.3) is 5.92 Å². The number of nitrogens with zero attached hydrogens (tertiary/aromatic N) is 1. The molecule has 18 heavy (non-hydrogen) atoms. The van der Waals surface area contributed by atoms with Crippen LogP contribution >= 0.6 is 11.6 Å². The van der Waals surface area contributed by atoms with Crippen molar-refractivity contribution in [1.29, 1.82) is 0 Å². The van der Waals surface area contributed by atoms with Gasteiger partial charge in [-0.25, -0.2) is 13.6 Å². The van der Waals surface area contributed by atoms with Gasteiger partial charge >= 0.3 is 0 Å². The molecule has 1 fully saturated rings. The van der Waals surface area contributed by atoms with Crippen LogP contribution in [0.2, 0.25) is 5.02 Å². The molecule has 2 rings (SSSR count). The second-order valence-corrected chi connectivity index (χ2v) is 5.08. The highest BCUT2D eigenvalue weighted by Gasteiger charge is 2.40. The van der Waals surface area contributed by atoms with Gasteiger partial charge in [0, 0.05) is 17.5 Å². The SMILES string of the molecule is CC(F)(F)c1ccc(C2(N=C=O)CCC2)c(Cl)c1. The maximum atomic E-state index is 13.2. The minimum Gasteiger partial charge on any atom is -0.211 e. The Morgan fingerprint density at radius 2 is 2.11 bits per heavy atom. The summed E-state index contributed by atoms with van der Waals surface area (Å²) in [7, 11) is 0. The molecule has 0 unspecified atom stereocenters. The van der Waals surface area contributed by atoms with Crippen LogP contribution in [0.3, 0.4) is 0 Å². The molecule has 1 saturated carbocycles.